The topological polar surface area (TPSA) is 62.8 Å². The summed E-state index contributed by atoms with van der Waals surface area (Å²) >= 11 is 5.88. The van der Waals surface area contributed by atoms with Gasteiger partial charge in [-0.2, -0.15) is 0 Å². The molecule has 98 valence electrons. The summed E-state index contributed by atoms with van der Waals surface area (Å²) in [5.41, 5.74) is 3.58. The highest BCUT2D eigenvalue weighted by atomic mass is 35.5. The molecule has 1 aromatic rings. The highest BCUT2D eigenvalue weighted by Crippen LogP contribution is 2.27. The Kier molecular flexibility index (Phi) is 4.00. The summed E-state index contributed by atoms with van der Waals surface area (Å²) in [7, 11) is 2.14. The number of nitro groups is 1. The quantitative estimate of drug-likeness (QED) is 0.617. The lowest BCUT2D eigenvalue weighted by molar-refractivity contribution is -0.884. The minimum absolute atomic E-state index is 0.0469. The average molecular weight is 272 g/mol. The molecule has 0 saturated carbocycles. The number of benzene rings is 1. The van der Waals surface area contributed by atoms with E-state index in [0.717, 1.165) is 26.2 Å². The highest BCUT2D eigenvalue weighted by Gasteiger charge is 2.20. The summed E-state index contributed by atoms with van der Waals surface area (Å²) in [6.45, 7) is 3.74. The van der Waals surface area contributed by atoms with Crippen molar-refractivity contribution in [3.05, 3.63) is 33.3 Å². The number of quaternary nitrogens is 1. The fourth-order valence-electron chi connectivity index (χ4n) is 1.93. The third kappa shape index (κ3) is 3.10. The van der Waals surface area contributed by atoms with Crippen LogP contribution in [0, 0.1) is 10.1 Å². The molecule has 1 fully saturated rings. The van der Waals surface area contributed by atoms with Gasteiger partial charge in [-0.1, -0.05) is 11.6 Å². The number of nitrogens with zero attached hydrogens (tertiary/aromatic N) is 2. The molecule has 0 radical (unpaired) electrons. The van der Waals surface area contributed by atoms with E-state index in [1.165, 1.54) is 17.0 Å². The number of hydrogen-bond donors (Lipinski definition) is 2. The van der Waals surface area contributed by atoms with Crippen molar-refractivity contribution in [2.75, 3.05) is 38.7 Å². The van der Waals surface area contributed by atoms with Gasteiger partial charge in [0.25, 0.3) is 5.69 Å². The second kappa shape index (κ2) is 5.51. The molecule has 0 atom stereocenters. The van der Waals surface area contributed by atoms with Gasteiger partial charge in [-0.05, 0) is 12.1 Å². The van der Waals surface area contributed by atoms with Crippen molar-refractivity contribution in [2.45, 2.75) is 0 Å². The molecule has 2 N–H and O–H groups in total. The molecule has 1 heterocycles. The number of piperazine rings is 1. The fourth-order valence-corrected chi connectivity index (χ4v) is 2.10. The van der Waals surface area contributed by atoms with Crippen LogP contribution in [0.5, 0.6) is 0 Å². The zero-order valence-electron chi connectivity index (χ0n) is 10.1. The second-order valence-corrected chi connectivity index (χ2v) is 4.91. The maximum Gasteiger partial charge on any atom is 0.293 e. The number of halogens is 1. The molecule has 0 amide bonds. The van der Waals surface area contributed by atoms with Gasteiger partial charge in [0.2, 0.25) is 0 Å². The lowest BCUT2D eigenvalue weighted by atomic mass is 10.3. The van der Waals surface area contributed by atoms with E-state index in [1.807, 2.05) is 5.01 Å². The van der Waals surface area contributed by atoms with Crippen LogP contribution in [-0.4, -0.2) is 43.2 Å². The molecule has 6 nitrogen and oxygen atoms in total. The zero-order chi connectivity index (χ0) is 13.1. The number of hydrazine groups is 1. The predicted molar refractivity (Wildman–Crippen MR) is 69.9 cm³/mol. The first-order chi connectivity index (χ1) is 8.56. The maximum atomic E-state index is 10.9. The molecular formula is C11H16ClN4O2+. The molecule has 0 unspecified atom stereocenters. The molecule has 2 rings (SSSR count). The first kappa shape index (κ1) is 13.1. The first-order valence-electron chi connectivity index (χ1n) is 5.83. The Balaban J connectivity index is 2.12. The summed E-state index contributed by atoms with van der Waals surface area (Å²) in [4.78, 5) is 12.0. The Bertz CT molecular complexity index is 447. The SMILES string of the molecule is C[NH+]1CCN(Nc2cc(Cl)ccc2[N+](=O)[O-])CC1. The zero-order valence-corrected chi connectivity index (χ0v) is 10.9. The molecule has 7 heteroatoms. The van der Waals surface area contributed by atoms with Gasteiger partial charge in [0, 0.05) is 11.1 Å². The number of rotatable bonds is 3. The van der Waals surface area contributed by atoms with E-state index in [1.54, 1.807) is 6.07 Å². The number of anilines is 1. The van der Waals surface area contributed by atoms with Gasteiger partial charge in [0.05, 0.1) is 38.2 Å². The van der Waals surface area contributed by atoms with Crippen molar-refractivity contribution in [1.29, 1.82) is 0 Å². The summed E-state index contributed by atoms with van der Waals surface area (Å²) in [5.74, 6) is 0. The standard InChI is InChI=1S/C11H15ClN4O2/c1-14-4-6-15(7-5-14)13-10-8-9(12)2-3-11(10)16(17)18/h2-3,8,13H,4-7H2,1H3/p+1. The molecule has 1 aromatic carbocycles. The third-order valence-corrected chi connectivity index (χ3v) is 3.29. The van der Waals surface area contributed by atoms with Crippen molar-refractivity contribution in [3.63, 3.8) is 0 Å². The molecule has 18 heavy (non-hydrogen) atoms. The van der Waals surface area contributed by atoms with E-state index >= 15 is 0 Å². The van der Waals surface area contributed by atoms with E-state index in [2.05, 4.69) is 12.5 Å². The van der Waals surface area contributed by atoms with E-state index < -0.39 is 4.92 Å². The predicted octanol–water partition coefficient (Wildman–Crippen LogP) is 0.405. The van der Waals surface area contributed by atoms with E-state index in [-0.39, 0.29) is 5.69 Å². The van der Waals surface area contributed by atoms with Crippen LogP contribution in [0.15, 0.2) is 18.2 Å². The van der Waals surface area contributed by atoms with Crippen LogP contribution in [0.25, 0.3) is 0 Å². The van der Waals surface area contributed by atoms with Crippen LogP contribution < -0.4 is 10.3 Å². The van der Waals surface area contributed by atoms with Crippen molar-refractivity contribution < 1.29 is 9.82 Å². The maximum absolute atomic E-state index is 10.9. The van der Waals surface area contributed by atoms with Gasteiger partial charge in [0.1, 0.15) is 5.69 Å². The fraction of sp³-hybridized carbons (Fsp3) is 0.455. The molecule has 0 spiro atoms. The van der Waals surface area contributed by atoms with Crippen LogP contribution in [0.2, 0.25) is 5.02 Å². The Morgan fingerprint density at radius 2 is 2.11 bits per heavy atom. The van der Waals surface area contributed by atoms with Gasteiger partial charge < -0.3 is 10.3 Å². The summed E-state index contributed by atoms with van der Waals surface area (Å²) in [6.07, 6.45) is 0. The summed E-state index contributed by atoms with van der Waals surface area (Å²) in [5, 5.41) is 13.4. The van der Waals surface area contributed by atoms with Crippen LogP contribution in [-0.2, 0) is 0 Å². The van der Waals surface area contributed by atoms with Crippen molar-refractivity contribution in [1.82, 2.24) is 5.01 Å². The normalized spacial score (nSPS) is 17.7. The van der Waals surface area contributed by atoms with Gasteiger partial charge in [0.15, 0.2) is 0 Å². The van der Waals surface area contributed by atoms with Gasteiger partial charge in [-0.15, -0.1) is 0 Å². The molecule has 1 saturated heterocycles. The van der Waals surface area contributed by atoms with Crippen molar-refractivity contribution in [2.24, 2.45) is 0 Å². The highest BCUT2D eigenvalue weighted by molar-refractivity contribution is 6.31. The third-order valence-electron chi connectivity index (χ3n) is 3.05. The van der Waals surface area contributed by atoms with Crippen LogP contribution >= 0.6 is 11.6 Å². The van der Waals surface area contributed by atoms with Crippen LogP contribution in [0.3, 0.4) is 0 Å². The van der Waals surface area contributed by atoms with Gasteiger partial charge in [-0.25, -0.2) is 5.01 Å². The molecule has 1 aliphatic heterocycles. The van der Waals surface area contributed by atoms with E-state index in [9.17, 15) is 10.1 Å². The Morgan fingerprint density at radius 3 is 2.72 bits per heavy atom. The summed E-state index contributed by atoms with van der Waals surface area (Å²) < 4.78 is 0. The first-order valence-corrected chi connectivity index (χ1v) is 6.21. The molecular weight excluding hydrogens is 256 g/mol. The molecule has 1 aliphatic rings. The van der Waals surface area contributed by atoms with Crippen LogP contribution in [0.4, 0.5) is 11.4 Å². The Labute approximate surface area is 110 Å². The smallest absolute Gasteiger partial charge is 0.293 e. The minimum atomic E-state index is -0.403. The van der Waals surface area contributed by atoms with Gasteiger partial charge >= 0.3 is 0 Å². The summed E-state index contributed by atoms with van der Waals surface area (Å²) in [6, 6.07) is 4.54. The van der Waals surface area contributed by atoms with Crippen LogP contribution in [0.1, 0.15) is 0 Å². The molecule has 0 bridgehead atoms. The molecule has 0 aliphatic carbocycles. The number of hydrogen-bond acceptors (Lipinski definition) is 4. The van der Waals surface area contributed by atoms with Gasteiger partial charge in [-0.3, -0.25) is 10.1 Å². The van der Waals surface area contributed by atoms with Crippen molar-refractivity contribution >= 4 is 23.0 Å². The average Bonchev–Trinajstić information content (AvgIpc) is 2.32. The number of nitrogens with one attached hydrogen (secondary N) is 2. The van der Waals surface area contributed by atoms with Crippen molar-refractivity contribution in [3.8, 4) is 0 Å². The number of likely N-dealkylation sites (N-methyl/N-ethyl adjacent to an activating group) is 1. The largest absolute Gasteiger partial charge is 0.335 e. The molecule has 0 aromatic heterocycles. The lowest BCUT2D eigenvalue weighted by Gasteiger charge is -2.30. The lowest BCUT2D eigenvalue weighted by Crippen LogP contribution is -3.12. The minimum Gasteiger partial charge on any atom is -0.335 e. The second-order valence-electron chi connectivity index (χ2n) is 4.47. The number of nitro benzene ring substituents is 1. The Hall–Kier alpha value is -1.37. The monoisotopic (exact) mass is 271 g/mol. The van der Waals surface area contributed by atoms with E-state index in [0.29, 0.717) is 10.7 Å². The Morgan fingerprint density at radius 1 is 1.44 bits per heavy atom. The van der Waals surface area contributed by atoms with E-state index in [4.69, 9.17) is 11.6 Å².